The van der Waals surface area contributed by atoms with E-state index in [0.29, 0.717) is 5.92 Å². The Balaban J connectivity index is 3.07. The first kappa shape index (κ1) is 26.9. The van der Waals surface area contributed by atoms with E-state index in [9.17, 15) is 0 Å². The van der Waals surface area contributed by atoms with Crippen molar-refractivity contribution < 1.29 is 19.6 Å². The van der Waals surface area contributed by atoms with E-state index in [1.807, 2.05) is 0 Å². The van der Waals surface area contributed by atoms with Crippen LogP contribution in [0.1, 0.15) is 133 Å². The van der Waals surface area contributed by atoms with Gasteiger partial charge < -0.3 is 0 Å². The molecule has 0 spiro atoms. The third-order valence-corrected chi connectivity index (χ3v) is 7.75. The van der Waals surface area contributed by atoms with Crippen LogP contribution in [0.4, 0.5) is 0 Å². The van der Waals surface area contributed by atoms with Gasteiger partial charge in [-0.05, 0) is 56.3 Å². The molecule has 4 nitrogen and oxygen atoms in total. The molecular weight excluding hydrogens is 364 g/mol. The lowest BCUT2D eigenvalue weighted by atomic mass is 9.67. The Morgan fingerprint density at radius 1 is 0.759 bits per heavy atom. The van der Waals surface area contributed by atoms with Gasteiger partial charge in [-0.1, -0.05) is 75.2 Å². The van der Waals surface area contributed by atoms with Crippen molar-refractivity contribution in [1.82, 2.24) is 0 Å². The summed E-state index contributed by atoms with van der Waals surface area (Å²) in [6.45, 7) is 20.0. The van der Waals surface area contributed by atoms with E-state index < -0.39 is 5.79 Å². The molecule has 29 heavy (non-hydrogen) atoms. The van der Waals surface area contributed by atoms with Crippen LogP contribution in [-0.4, -0.2) is 17.0 Å². The van der Waals surface area contributed by atoms with Gasteiger partial charge >= 0.3 is 0 Å². The molecule has 0 aromatic heterocycles. The molecule has 1 aliphatic rings. The molecule has 1 saturated carbocycles. The summed E-state index contributed by atoms with van der Waals surface area (Å²) in [5.74, 6) is -0.235. The maximum absolute atomic E-state index is 6.27. The Bertz CT molecular complexity index is 426. The third-order valence-electron chi connectivity index (χ3n) is 7.75. The molecule has 1 rings (SSSR count). The standard InChI is InChI=1S/C25H50O4/c1-10-17-23(12-3,13-4)26-28-25(19-16-21(7)22(8,9)20-25)29-27-24(14-5,15-6)18-11-2/h21H,10-20H2,1-9H3. The second-order valence-corrected chi connectivity index (χ2v) is 10.1. The number of hydrogen-bond donors (Lipinski definition) is 0. The maximum atomic E-state index is 6.27. The van der Waals surface area contributed by atoms with Crippen LogP contribution in [0, 0.1) is 11.3 Å². The molecule has 1 aliphatic carbocycles. The second kappa shape index (κ2) is 11.5. The normalized spacial score (nSPS) is 22.0. The monoisotopic (exact) mass is 414 g/mol. The van der Waals surface area contributed by atoms with E-state index in [2.05, 4.69) is 62.3 Å². The van der Waals surface area contributed by atoms with Crippen LogP contribution in [-0.2, 0) is 19.6 Å². The number of hydrogen-bond acceptors (Lipinski definition) is 4. The highest BCUT2D eigenvalue weighted by Crippen LogP contribution is 2.49. The fourth-order valence-electron chi connectivity index (χ4n) is 4.71. The summed E-state index contributed by atoms with van der Waals surface area (Å²) in [4.78, 5) is 25.0. The van der Waals surface area contributed by atoms with Crippen LogP contribution in [0.15, 0.2) is 0 Å². The van der Waals surface area contributed by atoms with Crippen molar-refractivity contribution in [1.29, 1.82) is 0 Å². The van der Waals surface area contributed by atoms with Crippen molar-refractivity contribution in [3.63, 3.8) is 0 Å². The Kier molecular flexibility index (Phi) is 10.6. The Morgan fingerprint density at radius 2 is 1.17 bits per heavy atom. The van der Waals surface area contributed by atoms with E-state index in [-0.39, 0.29) is 16.6 Å². The molecule has 0 bridgehead atoms. The summed E-state index contributed by atoms with van der Waals surface area (Å²) in [5, 5.41) is 0. The SMILES string of the molecule is CCCC(CC)(CC)OOC1(OOC(CC)(CC)CCC)CCC(C)C(C)(C)C1. The minimum atomic E-state index is -0.845. The summed E-state index contributed by atoms with van der Waals surface area (Å²) in [7, 11) is 0. The van der Waals surface area contributed by atoms with Crippen molar-refractivity contribution in [2.75, 3.05) is 0 Å². The zero-order valence-corrected chi connectivity index (χ0v) is 21.0. The van der Waals surface area contributed by atoms with E-state index in [0.717, 1.165) is 70.6 Å². The van der Waals surface area contributed by atoms with Gasteiger partial charge in [0.15, 0.2) is 0 Å². The first-order valence-corrected chi connectivity index (χ1v) is 12.3. The molecule has 1 fully saturated rings. The summed E-state index contributed by atoms with van der Waals surface area (Å²) < 4.78 is 0. The lowest BCUT2D eigenvalue weighted by molar-refractivity contribution is -0.557. The van der Waals surface area contributed by atoms with Crippen molar-refractivity contribution in [2.24, 2.45) is 11.3 Å². The zero-order chi connectivity index (χ0) is 22.2. The number of rotatable bonds is 14. The van der Waals surface area contributed by atoms with Gasteiger partial charge in [0.2, 0.25) is 5.79 Å². The minimum absolute atomic E-state index is 0.0999. The van der Waals surface area contributed by atoms with Gasteiger partial charge in [0, 0.05) is 12.8 Å². The average Bonchev–Trinajstić information content (AvgIpc) is 2.71. The van der Waals surface area contributed by atoms with E-state index in [1.54, 1.807) is 0 Å². The van der Waals surface area contributed by atoms with E-state index in [4.69, 9.17) is 19.6 Å². The molecule has 1 atom stereocenters. The van der Waals surface area contributed by atoms with Gasteiger partial charge in [0.25, 0.3) is 0 Å². The van der Waals surface area contributed by atoms with Crippen molar-refractivity contribution in [3.8, 4) is 0 Å². The third kappa shape index (κ3) is 6.92. The van der Waals surface area contributed by atoms with Crippen LogP contribution >= 0.6 is 0 Å². The molecule has 0 saturated heterocycles. The average molecular weight is 415 g/mol. The molecule has 0 heterocycles. The van der Waals surface area contributed by atoms with Gasteiger partial charge in [-0.15, -0.1) is 0 Å². The van der Waals surface area contributed by atoms with Crippen LogP contribution in [0.2, 0.25) is 0 Å². The summed E-state index contributed by atoms with van der Waals surface area (Å²) in [5.41, 5.74) is -0.411. The molecule has 174 valence electrons. The molecule has 1 unspecified atom stereocenters. The van der Waals surface area contributed by atoms with Crippen LogP contribution in [0.25, 0.3) is 0 Å². The van der Waals surface area contributed by atoms with Gasteiger partial charge in [0.05, 0.1) is 0 Å². The molecule has 0 amide bonds. The van der Waals surface area contributed by atoms with Crippen molar-refractivity contribution in [3.05, 3.63) is 0 Å². The quantitative estimate of drug-likeness (QED) is 0.163. The molecule has 0 aromatic rings. The van der Waals surface area contributed by atoms with Gasteiger partial charge in [0.1, 0.15) is 11.2 Å². The smallest absolute Gasteiger partial charge is 0.227 e. The second-order valence-electron chi connectivity index (χ2n) is 10.1. The fourth-order valence-corrected chi connectivity index (χ4v) is 4.71. The molecular formula is C25H50O4. The minimum Gasteiger partial charge on any atom is -0.227 e. The van der Waals surface area contributed by atoms with Gasteiger partial charge in [-0.3, -0.25) is 0 Å². The first-order valence-electron chi connectivity index (χ1n) is 12.3. The highest BCUT2D eigenvalue weighted by atomic mass is 17.3. The predicted molar refractivity (Wildman–Crippen MR) is 120 cm³/mol. The van der Waals surface area contributed by atoms with Crippen LogP contribution in [0.3, 0.4) is 0 Å². The molecule has 0 N–H and O–H groups in total. The first-order chi connectivity index (χ1) is 13.6. The Labute approximate surface area is 181 Å². The summed E-state index contributed by atoms with van der Waals surface area (Å²) >= 11 is 0. The highest BCUT2D eigenvalue weighted by Gasteiger charge is 2.50. The van der Waals surface area contributed by atoms with Crippen molar-refractivity contribution in [2.45, 2.75) is 150 Å². The van der Waals surface area contributed by atoms with Crippen molar-refractivity contribution >= 4 is 0 Å². The van der Waals surface area contributed by atoms with Crippen LogP contribution in [0.5, 0.6) is 0 Å². The lowest BCUT2D eigenvalue weighted by Gasteiger charge is -2.48. The fraction of sp³-hybridized carbons (Fsp3) is 1.00. The predicted octanol–water partition coefficient (Wildman–Crippen LogP) is 8.14. The molecule has 0 aromatic carbocycles. The summed E-state index contributed by atoms with van der Waals surface area (Å²) in [6.07, 6.45) is 10.4. The molecule has 4 heteroatoms. The Hall–Kier alpha value is -0.160. The van der Waals surface area contributed by atoms with Crippen LogP contribution < -0.4 is 0 Å². The largest absolute Gasteiger partial charge is 0.234 e. The van der Waals surface area contributed by atoms with E-state index >= 15 is 0 Å². The lowest BCUT2D eigenvalue weighted by Crippen LogP contribution is -2.50. The summed E-state index contributed by atoms with van der Waals surface area (Å²) in [6, 6.07) is 0. The van der Waals surface area contributed by atoms with E-state index in [1.165, 1.54) is 0 Å². The maximum Gasteiger partial charge on any atom is 0.234 e. The van der Waals surface area contributed by atoms with Gasteiger partial charge in [-0.25, -0.2) is 9.78 Å². The Morgan fingerprint density at radius 3 is 1.48 bits per heavy atom. The van der Waals surface area contributed by atoms with Gasteiger partial charge in [-0.2, -0.15) is 9.78 Å². The highest BCUT2D eigenvalue weighted by molar-refractivity contribution is 4.90. The molecule has 0 radical (unpaired) electrons. The zero-order valence-electron chi connectivity index (χ0n) is 21.0. The molecule has 0 aliphatic heterocycles. The topological polar surface area (TPSA) is 36.9 Å².